The van der Waals surface area contributed by atoms with Gasteiger partial charge in [-0.15, -0.1) is 13.2 Å². The van der Waals surface area contributed by atoms with Crippen LogP contribution >= 0.6 is 33.3 Å². The summed E-state index contributed by atoms with van der Waals surface area (Å²) in [5.74, 6) is -0.540. The highest BCUT2D eigenvalue weighted by Gasteiger charge is 2.33. The molecule has 1 aromatic heterocycles. The highest BCUT2D eigenvalue weighted by molar-refractivity contribution is 14.1. The van der Waals surface area contributed by atoms with E-state index in [1.807, 2.05) is 0 Å². The lowest BCUT2D eigenvalue weighted by atomic mass is 10.3. The number of ether oxygens (including phenoxy) is 1. The van der Waals surface area contributed by atoms with Crippen LogP contribution in [0.25, 0.3) is 0 Å². The molecule has 4 nitrogen and oxygen atoms in total. The summed E-state index contributed by atoms with van der Waals surface area (Å²) in [6.07, 6.45) is -4.87. The number of pyridine rings is 1. The molecule has 0 spiro atoms. The molecule has 0 aliphatic rings. The van der Waals surface area contributed by atoms with Crippen molar-refractivity contribution < 1.29 is 26.3 Å². The Morgan fingerprint density at radius 1 is 1.47 bits per heavy atom. The van der Waals surface area contributed by atoms with E-state index in [0.29, 0.717) is 0 Å². The second-order valence-electron chi connectivity index (χ2n) is 2.84. The Hall–Kier alpha value is -0.290. The fourth-order valence-electron chi connectivity index (χ4n) is 0.958. The predicted molar refractivity (Wildman–Crippen MR) is 61.4 cm³/mol. The van der Waals surface area contributed by atoms with Gasteiger partial charge >= 0.3 is 6.36 Å². The van der Waals surface area contributed by atoms with Crippen molar-refractivity contribution in [3.63, 3.8) is 0 Å². The molecule has 0 radical (unpaired) electrons. The fourth-order valence-corrected chi connectivity index (χ4v) is 2.71. The van der Waals surface area contributed by atoms with Crippen LogP contribution in [0.2, 0.25) is 0 Å². The van der Waals surface area contributed by atoms with E-state index in [2.05, 4.69) is 9.72 Å². The van der Waals surface area contributed by atoms with Gasteiger partial charge in [0.15, 0.2) is 10.8 Å². The Balaban J connectivity index is 3.30. The van der Waals surface area contributed by atoms with Gasteiger partial charge in [0.05, 0.1) is 9.26 Å². The molecule has 0 atom stereocenters. The standard InChI is InChI=1S/C7H4ClF3INO3S/c1-3-6(16-7(9,10)11)4(12)2-5(13-3)17(8,14)15/h2H,1H3. The molecule has 1 heterocycles. The first kappa shape index (κ1) is 14.8. The Bertz CT molecular complexity index is 523. The molecule has 17 heavy (non-hydrogen) atoms. The highest BCUT2D eigenvalue weighted by Crippen LogP contribution is 2.31. The molecule has 0 unspecified atom stereocenters. The second-order valence-corrected chi connectivity index (χ2v) is 6.52. The molecule has 0 saturated heterocycles. The molecule has 0 N–H and O–H groups in total. The molecule has 0 aliphatic carbocycles. The number of rotatable bonds is 2. The van der Waals surface area contributed by atoms with Gasteiger partial charge in [-0.2, -0.15) is 0 Å². The van der Waals surface area contributed by atoms with Crippen LogP contribution in [0.1, 0.15) is 5.69 Å². The van der Waals surface area contributed by atoms with Crippen molar-refractivity contribution in [3.8, 4) is 5.75 Å². The van der Waals surface area contributed by atoms with Crippen molar-refractivity contribution in [2.45, 2.75) is 18.3 Å². The zero-order valence-corrected chi connectivity index (χ0v) is 11.8. The average molecular weight is 402 g/mol. The Kier molecular flexibility index (Phi) is 4.14. The third-order valence-electron chi connectivity index (χ3n) is 1.54. The Morgan fingerprint density at radius 2 is 2.00 bits per heavy atom. The van der Waals surface area contributed by atoms with Crippen LogP contribution in [0.5, 0.6) is 5.75 Å². The largest absolute Gasteiger partial charge is 0.573 e. The van der Waals surface area contributed by atoms with Crippen molar-refractivity contribution in [3.05, 3.63) is 15.3 Å². The predicted octanol–water partition coefficient (Wildman–Crippen LogP) is 2.82. The van der Waals surface area contributed by atoms with Crippen molar-refractivity contribution in [1.82, 2.24) is 4.98 Å². The monoisotopic (exact) mass is 401 g/mol. The van der Waals surface area contributed by atoms with Gasteiger partial charge < -0.3 is 4.74 Å². The minimum absolute atomic E-state index is 0.0494. The molecule has 0 saturated carbocycles. The number of aryl methyl sites for hydroxylation is 1. The van der Waals surface area contributed by atoms with E-state index >= 15 is 0 Å². The minimum atomic E-state index is -4.87. The van der Waals surface area contributed by atoms with Crippen molar-refractivity contribution in [2.24, 2.45) is 0 Å². The molecule has 0 aliphatic heterocycles. The molecule has 0 amide bonds. The van der Waals surface area contributed by atoms with E-state index in [-0.39, 0.29) is 9.26 Å². The molecule has 10 heteroatoms. The summed E-state index contributed by atoms with van der Waals surface area (Å²) in [5.41, 5.74) is -0.214. The van der Waals surface area contributed by atoms with Gasteiger partial charge in [0.25, 0.3) is 9.05 Å². The quantitative estimate of drug-likeness (QED) is 0.565. The van der Waals surface area contributed by atoms with Crippen LogP contribution in [0.3, 0.4) is 0 Å². The summed E-state index contributed by atoms with van der Waals surface area (Å²) in [6.45, 7) is 1.19. The van der Waals surface area contributed by atoms with E-state index in [9.17, 15) is 21.6 Å². The number of halogens is 5. The molecular formula is C7H4ClF3INO3S. The average Bonchev–Trinajstić information content (AvgIpc) is 2.07. The van der Waals surface area contributed by atoms with Crippen LogP contribution < -0.4 is 4.74 Å². The number of alkyl halides is 3. The fraction of sp³-hybridized carbons (Fsp3) is 0.286. The molecular weight excluding hydrogens is 397 g/mol. The maximum atomic E-state index is 12.0. The van der Waals surface area contributed by atoms with Gasteiger partial charge in [0.2, 0.25) is 0 Å². The third kappa shape index (κ3) is 4.14. The smallest absolute Gasteiger partial charge is 0.403 e. The summed E-state index contributed by atoms with van der Waals surface area (Å²) in [4.78, 5) is 3.44. The van der Waals surface area contributed by atoms with Crippen molar-refractivity contribution >= 4 is 42.3 Å². The second kappa shape index (κ2) is 4.76. The SMILES string of the molecule is Cc1nc(S(=O)(=O)Cl)cc(I)c1OC(F)(F)F. The summed E-state index contributed by atoms with van der Waals surface area (Å²) in [5, 5.41) is -0.518. The normalized spacial score (nSPS) is 12.6. The van der Waals surface area contributed by atoms with E-state index in [1.165, 1.54) is 29.5 Å². The zero-order valence-electron chi connectivity index (χ0n) is 8.05. The summed E-state index contributed by atoms with van der Waals surface area (Å²) in [7, 11) is 0.943. The van der Waals surface area contributed by atoms with E-state index in [4.69, 9.17) is 10.7 Å². The summed E-state index contributed by atoms with van der Waals surface area (Å²) >= 11 is 1.50. The molecule has 96 valence electrons. The third-order valence-corrected chi connectivity index (χ3v) is 3.53. The Labute approximate surface area is 113 Å². The van der Waals surface area contributed by atoms with Crippen molar-refractivity contribution in [2.75, 3.05) is 0 Å². The van der Waals surface area contributed by atoms with E-state index in [0.717, 1.165) is 6.07 Å². The first-order valence-electron chi connectivity index (χ1n) is 3.88. The van der Waals surface area contributed by atoms with Crippen LogP contribution in [0, 0.1) is 10.5 Å². The Morgan fingerprint density at radius 3 is 2.35 bits per heavy atom. The van der Waals surface area contributed by atoms with Gasteiger partial charge in [-0.05, 0) is 35.6 Å². The van der Waals surface area contributed by atoms with Crippen LogP contribution in [0.4, 0.5) is 13.2 Å². The van der Waals surface area contributed by atoms with Crippen molar-refractivity contribution in [1.29, 1.82) is 0 Å². The van der Waals surface area contributed by atoms with E-state index in [1.54, 1.807) is 0 Å². The highest BCUT2D eigenvalue weighted by atomic mass is 127. The molecule has 1 aromatic rings. The molecule has 0 bridgehead atoms. The first-order chi connectivity index (χ1) is 7.50. The van der Waals surface area contributed by atoms with Crippen LogP contribution in [-0.2, 0) is 9.05 Å². The molecule has 1 rings (SSSR count). The maximum absolute atomic E-state index is 12.0. The minimum Gasteiger partial charge on any atom is -0.403 e. The summed E-state index contributed by atoms with van der Waals surface area (Å²) in [6, 6.07) is 0.900. The molecule has 0 fully saturated rings. The van der Waals surface area contributed by atoms with Gasteiger partial charge in [0.1, 0.15) is 0 Å². The zero-order chi connectivity index (χ0) is 13.4. The van der Waals surface area contributed by atoms with Gasteiger partial charge in [-0.1, -0.05) is 0 Å². The van der Waals surface area contributed by atoms with Crippen LogP contribution in [-0.4, -0.2) is 19.8 Å². The number of hydrogen-bond acceptors (Lipinski definition) is 4. The number of aromatic nitrogens is 1. The van der Waals surface area contributed by atoms with Crippen LogP contribution in [0.15, 0.2) is 11.1 Å². The first-order valence-corrected chi connectivity index (χ1v) is 7.27. The number of nitrogens with zero attached hydrogens (tertiary/aromatic N) is 1. The van der Waals surface area contributed by atoms with Gasteiger partial charge in [0, 0.05) is 10.7 Å². The van der Waals surface area contributed by atoms with Gasteiger partial charge in [-0.3, -0.25) is 0 Å². The maximum Gasteiger partial charge on any atom is 0.573 e. The molecule has 0 aromatic carbocycles. The lowest BCUT2D eigenvalue weighted by molar-refractivity contribution is -0.275. The lowest BCUT2D eigenvalue weighted by Crippen LogP contribution is -2.19. The summed E-state index contributed by atoms with van der Waals surface area (Å²) < 4.78 is 61.7. The topological polar surface area (TPSA) is 56.3 Å². The van der Waals surface area contributed by atoms with Gasteiger partial charge in [-0.25, -0.2) is 13.4 Å². The lowest BCUT2D eigenvalue weighted by Gasteiger charge is -2.13. The van der Waals surface area contributed by atoms with E-state index < -0.39 is 26.2 Å². The number of hydrogen-bond donors (Lipinski definition) is 0.